The van der Waals surface area contributed by atoms with Crippen molar-refractivity contribution in [2.45, 2.75) is 94.7 Å². The predicted octanol–water partition coefficient (Wildman–Crippen LogP) is 23.4. The summed E-state index contributed by atoms with van der Waals surface area (Å²) in [6.07, 6.45) is 10.1. The summed E-state index contributed by atoms with van der Waals surface area (Å²) < 4.78 is 39.5. The molecule has 0 radical (unpaired) electrons. The highest BCUT2D eigenvalue weighted by Gasteiger charge is 2.36. The van der Waals surface area contributed by atoms with E-state index in [1.165, 1.54) is 5.56 Å². The molecule has 0 atom stereocenters. The minimum absolute atomic E-state index is 0.610. The summed E-state index contributed by atoms with van der Waals surface area (Å²) in [7, 11) is 0. The van der Waals surface area contributed by atoms with E-state index < -0.39 is 17.7 Å². The monoisotopic (exact) mass is 1080 g/mol. The van der Waals surface area contributed by atoms with Gasteiger partial charge in [0, 0.05) is 20.4 Å². The molecule has 12 aromatic rings. The zero-order chi connectivity index (χ0) is 58.2. The first-order valence-corrected chi connectivity index (χ1v) is 30.7. The van der Waals surface area contributed by atoms with Gasteiger partial charge in [-0.25, -0.2) is 0 Å². The normalized spacial score (nSPS) is 17.0. The lowest BCUT2D eigenvalue weighted by Crippen LogP contribution is -2.11. The summed E-state index contributed by atoms with van der Waals surface area (Å²) in [5, 5.41) is 12.6. The van der Waals surface area contributed by atoms with Crippen molar-refractivity contribution in [3.63, 3.8) is 0 Å². The molecule has 0 unspecified atom stereocenters. The highest BCUT2D eigenvalue weighted by Crippen LogP contribution is 2.57. The van der Waals surface area contributed by atoms with Crippen molar-refractivity contribution in [3.05, 3.63) is 241 Å². The summed E-state index contributed by atoms with van der Waals surface area (Å²) in [5.41, 5.74) is 29.4. The van der Waals surface area contributed by atoms with Crippen LogP contribution in [0.4, 0.5) is 0 Å². The second-order valence-electron chi connectivity index (χ2n) is 24.1. The molecule has 3 saturated carbocycles. The van der Waals surface area contributed by atoms with Crippen molar-refractivity contribution in [2.75, 3.05) is 0 Å². The number of para-hydroxylation sites is 2. The molecule has 0 saturated heterocycles. The third-order valence-corrected chi connectivity index (χ3v) is 19.6. The van der Waals surface area contributed by atoms with E-state index in [1.54, 1.807) is 0 Å². The molecule has 0 bridgehead atoms. The fourth-order valence-corrected chi connectivity index (χ4v) is 15.7. The molecule has 0 amide bonds. The van der Waals surface area contributed by atoms with Crippen molar-refractivity contribution in [1.82, 2.24) is 0 Å². The van der Waals surface area contributed by atoms with Crippen LogP contribution in [0.5, 0.6) is 0 Å². The Morgan fingerprint density at radius 1 is 0.321 bits per heavy atom. The molecule has 2 heteroatoms. The first kappa shape index (κ1) is 46.2. The molecule has 5 aliphatic rings. The van der Waals surface area contributed by atoms with Crippen molar-refractivity contribution >= 4 is 21.9 Å². The second kappa shape index (κ2) is 20.0. The summed E-state index contributed by atoms with van der Waals surface area (Å²) in [6.45, 7) is 0. The van der Waals surface area contributed by atoms with Crippen LogP contribution in [0.25, 0.3) is 144 Å². The number of rotatable bonds is 6. The third kappa shape index (κ3) is 7.82. The third-order valence-electron chi connectivity index (χ3n) is 19.6. The Bertz CT molecular complexity index is 4900. The Balaban J connectivity index is 0.954. The van der Waals surface area contributed by atoms with E-state index in [1.807, 2.05) is 12.1 Å². The number of furan rings is 1. The Morgan fingerprint density at radius 3 is 1.17 bits per heavy atom. The quantitative estimate of drug-likeness (QED) is 0.166. The number of hydrogen-bond acceptors (Lipinski definition) is 2. The van der Waals surface area contributed by atoms with Gasteiger partial charge < -0.3 is 4.42 Å². The fourth-order valence-electron chi connectivity index (χ4n) is 15.7. The van der Waals surface area contributed by atoms with Gasteiger partial charge in [0.1, 0.15) is 11.2 Å². The van der Waals surface area contributed by atoms with Crippen molar-refractivity contribution in [1.29, 1.82) is 5.26 Å². The Kier molecular flexibility index (Phi) is 11.0. The SMILES string of the molecule is [2H]C1(c2cc(C3([2H])CCCC3)c(-c3ccc4c(c3)-c3ccc(C#N)cc3-c3ccccc3-c3ccccc3-4)c(C3([2H])CCCC3)c2-c2ccc3c(c2)-c2ccccc2-c2ccccc2-c2cc(-c4cccc5c4oc4ccccc45)ccc2-3)CCCC1. The van der Waals surface area contributed by atoms with Crippen LogP contribution in [0.15, 0.2) is 223 Å². The highest BCUT2D eigenvalue weighted by atomic mass is 16.3. The number of hydrogen-bond donors (Lipinski definition) is 0. The van der Waals surface area contributed by atoms with Gasteiger partial charge in [-0.1, -0.05) is 221 Å². The molecule has 5 aliphatic carbocycles. The Morgan fingerprint density at radius 2 is 0.679 bits per heavy atom. The van der Waals surface area contributed by atoms with Gasteiger partial charge in [-0.2, -0.15) is 5.26 Å². The van der Waals surface area contributed by atoms with Crippen LogP contribution < -0.4 is 0 Å². The summed E-state index contributed by atoms with van der Waals surface area (Å²) in [5.74, 6) is -2.82. The van der Waals surface area contributed by atoms with E-state index >= 15 is 0 Å². The van der Waals surface area contributed by atoms with Gasteiger partial charge in [-0.05, 0) is 226 Å². The zero-order valence-corrected chi connectivity index (χ0v) is 47.1. The van der Waals surface area contributed by atoms with Crippen LogP contribution in [0.1, 0.15) is 121 Å². The maximum Gasteiger partial charge on any atom is 0.143 e. The molecular weight excluding hydrogens is 1010 g/mol. The minimum atomic E-state index is -0.998. The van der Waals surface area contributed by atoms with E-state index in [-0.39, 0.29) is 0 Å². The highest BCUT2D eigenvalue weighted by molar-refractivity contribution is 6.11. The van der Waals surface area contributed by atoms with Gasteiger partial charge in [0.05, 0.1) is 11.6 Å². The molecule has 1 heterocycles. The number of nitriles is 1. The molecular formula is C82H63NO. The average molecular weight is 1080 g/mol. The van der Waals surface area contributed by atoms with E-state index in [9.17, 15) is 9.37 Å². The van der Waals surface area contributed by atoms with Crippen molar-refractivity contribution < 1.29 is 8.53 Å². The predicted molar refractivity (Wildman–Crippen MR) is 349 cm³/mol. The molecule has 0 spiro atoms. The number of benzene rings is 11. The van der Waals surface area contributed by atoms with Crippen LogP contribution in [-0.4, -0.2) is 0 Å². The average Bonchev–Trinajstić information content (AvgIpc) is 1.66. The molecule has 3 fully saturated rings. The van der Waals surface area contributed by atoms with Crippen LogP contribution in [-0.2, 0) is 0 Å². The second-order valence-corrected chi connectivity index (χ2v) is 24.1. The summed E-state index contributed by atoms with van der Waals surface area (Å²) >= 11 is 0. The molecule has 0 N–H and O–H groups in total. The van der Waals surface area contributed by atoms with Gasteiger partial charge in [0.25, 0.3) is 0 Å². The first-order chi connectivity index (χ1) is 42.7. The molecule has 402 valence electrons. The molecule has 1 aromatic heterocycles. The molecule has 0 aliphatic heterocycles. The lowest BCUT2D eigenvalue weighted by molar-refractivity contribution is 0.670. The van der Waals surface area contributed by atoms with Crippen molar-refractivity contribution in [2.24, 2.45) is 0 Å². The smallest absolute Gasteiger partial charge is 0.143 e. The van der Waals surface area contributed by atoms with E-state index in [4.69, 9.17) is 4.42 Å². The number of nitrogens with zero attached hydrogens (tertiary/aromatic N) is 1. The lowest BCUT2D eigenvalue weighted by atomic mass is 9.72. The van der Waals surface area contributed by atoms with Crippen LogP contribution in [0, 0.1) is 11.3 Å². The van der Waals surface area contributed by atoms with Gasteiger partial charge in [0.2, 0.25) is 0 Å². The molecule has 11 aromatic carbocycles. The minimum Gasteiger partial charge on any atom is -0.455 e. The maximum atomic E-state index is 11.2. The van der Waals surface area contributed by atoms with E-state index in [2.05, 4.69) is 212 Å². The van der Waals surface area contributed by atoms with Gasteiger partial charge >= 0.3 is 0 Å². The molecule has 84 heavy (non-hydrogen) atoms. The number of fused-ring (bicyclic) bond motifs is 19. The first-order valence-electron chi connectivity index (χ1n) is 32.2. The molecule has 17 rings (SSSR count). The standard InChI is InChI=1S/C82H63NO/c83-49-50-36-40-69-74(44-50)63-29-12-9-25-59(63)58-24-7-8-28-62(58)66-42-38-56(47-77(66)69)80-73(52-20-3-4-21-52)48-72(51-18-1-2-19-51)79(81(80)53-22-5-6-23-53)55-39-43-68-67-41-37-54(57-33-17-34-71-70-32-15-16-35-78(70)84-82(57)71)45-75(67)64-30-13-10-26-60(64)61-27-11-14-31-65(61)76(68)46-55/h7-17,24-48,51-53H,1-6,18-23H2/i51D,52D,53D. The van der Waals surface area contributed by atoms with E-state index in [0.29, 0.717) is 18.4 Å². The Labute approximate surface area is 497 Å². The largest absolute Gasteiger partial charge is 0.455 e. The van der Waals surface area contributed by atoms with Crippen LogP contribution in [0.2, 0.25) is 0 Å². The van der Waals surface area contributed by atoms with Crippen molar-refractivity contribution in [3.8, 4) is 128 Å². The summed E-state index contributed by atoms with van der Waals surface area (Å²) in [4.78, 5) is 0. The van der Waals surface area contributed by atoms with Gasteiger partial charge in [0.15, 0.2) is 0 Å². The van der Waals surface area contributed by atoms with Gasteiger partial charge in [-0.3, -0.25) is 0 Å². The van der Waals surface area contributed by atoms with E-state index in [0.717, 1.165) is 220 Å². The van der Waals surface area contributed by atoms with Crippen LogP contribution >= 0.6 is 0 Å². The fraction of sp³-hybridized carbons (Fsp3) is 0.183. The van der Waals surface area contributed by atoms with Crippen LogP contribution in [0.3, 0.4) is 0 Å². The Hall–Kier alpha value is -9.29. The maximum absolute atomic E-state index is 11.2. The molecule has 2 nitrogen and oxygen atoms in total. The topological polar surface area (TPSA) is 36.9 Å². The van der Waals surface area contributed by atoms with Gasteiger partial charge in [-0.15, -0.1) is 0 Å². The summed E-state index contributed by atoms with van der Waals surface area (Å²) in [6, 6.07) is 81.9. The lowest BCUT2D eigenvalue weighted by Gasteiger charge is -2.32. The zero-order valence-electron chi connectivity index (χ0n) is 50.1.